The van der Waals surface area contributed by atoms with Crippen molar-refractivity contribution in [1.29, 1.82) is 0 Å². The van der Waals surface area contributed by atoms with Gasteiger partial charge in [-0.05, 0) is 54.8 Å². The zero-order chi connectivity index (χ0) is 20.8. The van der Waals surface area contributed by atoms with Crippen molar-refractivity contribution < 1.29 is 19.1 Å². The minimum atomic E-state index is -0.0609. The van der Waals surface area contributed by atoms with Crippen molar-refractivity contribution >= 4 is 17.5 Å². The van der Waals surface area contributed by atoms with Gasteiger partial charge in [-0.25, -0.2) is 0 Å². The van der Waals surface area contributed by atoms with Crippen LogP contribution in [0.3, 0.4) is 0 Å². The maximum Gasteiger partial charge on any atom is 0.254 e. The van der Waals surface area contributed by atoms with Crippen molar-refractivity contribution in [1.82, 2.24) is 4.90 Å². The Kier molecular flexibility index (Phi) is 6.88. The summed E-state index contributed by atoms with van der Waals surface area (Å²) in [5.41, 5.74) is 2.38. The summed E-state index contributed by atoms with van der Waals surface area (Å²) in [4.78, 5) is 26.9. The topological polar surface area (TPSA) is 67.9 Å². The van der Waals surface area contributed by atoms with Gasteiger partial charge < -0.3 is 19.7 Å². The Morgan fingerprint density at radius 3 is 2.48 bits per heavy atom. The van der Waals surface area contributed by atoms with Crippen LogP contribution in [0.4, 0.5) is 5.69 Å². The van der Waals surface area contributed by atoms with E-state index in [9.17, 15) is 9.59 Å². The summed E-state index contributed by atoms with van der Waals surface area (Å²) < 4.78 is 10.6. The van der Waals surface area contributed by atoms with E-state index in [0.717, 1.165) is 11.3 Å². The lowest BCUT2D eigenvalue weighted by Crippen LogP contribution is -2.47. The number of carbonyl (C=O) groups excluding carboxylic acids is 2. The average Bonchev–Trinajstić information content (AvgIpc) is 2.74. The maximum absolute atomic E-state index is 12.7. The predicted molar refractivity (Wildman–Crippen MR) is 112 cm³/mol. The number of carbonyl (C=O) groups is 2. The molecule has 2 aromatic carbocycles. The Balaban J connectivity index is 1.55. The molecule has 2 atom stereocenters. The van der Waals surface area contributed by atoms with Crippen molar-refractivity contribution in [3.8, 4) is 5.75 Å². The zero-order valence-corrected chi connectivity index (χ0v) is 17.2. The highest BCUT2D eigenvalue weighted by atomic mass is 16.5. The van der Waals surface area contributed by atoms with Crippen LogP contribution in [-0.2, 0) is 9.53 Å². The smallest absolute Gasteiger partial charge is 0.254 e. The van der Waals surface area contributed by atoms with Gasteiger partial charge >= 0.3 is 0 Å². The summed E-state index contributed by atoms with van der Waals surface area (Å²) in [5, 5.41) is 2.91. The molecule has 1 heterocycles. The van der Waals surface area contributed by atoms with Gasteiger partial charge in [-0.1, -0.05) is 19.1 Å². The van der Waals surface area contributed by atoms with Crippen LogP contribution in [0.1, 0.15) is 42.1 Å². The van der Waals surface area contributed by atoms with Gasteiger partial charge in [0.1, 0.15) is 5.75 Å². The number of nitrogens with zero attached hydrogens (tertiary/aromatic N) is 1. The fraction of sp³-hybridized carbons (Fsp3) is 0.391. The Hall–Kier alpha value is -2.86. The molecule has 29 heavy (non-hydrogen) atoms. The quantitative estimate of drug-likeness (QED) is 0.809. The number of hydrogen-bond donors (Lipinski definition) is 1. The summed E-state index contributed by atoms with van der Waals surface area (Å²) in [6, 6.07) is 14.9. The molecule has 0 radical (unpaired) electrons. The van der Waals surface area contributed by atoms with Gasteiger partial charge in [0, 0.05) is 24.2 Å². The average molecular weight is 396 g/mol. The van der Waals surface area contributed by atoms with Crippen molar-refractivity contribution in [2.45, 2.75) is 32.2 Å². The molecular formula is C23H28N2O4. The SMILES string of the molecule is COc1ccc(C(C)CC(=O)Nc2ccc(C(=O)N3CCOCC3C)cc2)cc1. The molecule has 2 unspecified atom stereocenters. The fourth-order valence-corrected chi connectivity index (χ4v) is 3.43. The zero-order valence-electron chi connectivity index (χ0n) is 17.2. The predicted octanol–water partition coefficient (Wildman–Crippen LogP) is 3.69. The van der Waals surface area contributed by atoms with Gasteiger partial charge in [0.05, 0.1) is 26.4 Å². The molecule has 0 aliphatic carbocycles. The minimum absolute atomic E-state index is 0.00759. The number of nitrogens with one attached hydrogen (secondary N) is 1. The summed E-state index contributed by atoms with van der Waals surface area (Å²) >= 11 is 0. The van der Waals surface area contributed by atoms with E-state index in [4.69, 9.17) is 9.47 Å². The van der Waals surface area contributed by atoms with Gasteiger partial charge in [-0.15, -0.1) is 0 Å². The number of amides is 2. The number of methoxy groups -OCH3 is 1. The Labute approximate surface area is 171 Å². The summed E-state index contributed by atoms with van der Waals surface area (Å²) in [7, 11) is 1.63. The second-order valence-electron chi connectivity index (χ2n) is 7.43. The van der Waals surface area contributed by atoms with E-state index in [1.54, 1.807) is 31.4 Å². The molecule has 2 aromatic rings. The van der Waals surface area contributed by atoms with Crippen LogP contribution in [0.25, 0.3) is 0 Å². The van der Waals surface area contributed by atoms with Gasteiger partial charge in [-0.2, -0.15) is 0 Å². The lowest BCUT2D eigenvalue weighted by molar-refractivity contribution is -0.116. The number of ether oxygens (including phenoxy) is 2. The van der Waals surface area contributed by atoms with E-state index >= 15 is 0 Å². The third-order valence-corrected chi connectivity index (χ3v) is 5.22. The lowest BCUT2D eigenvalue weighted by atomic mass is 9.97. The van der Waals surface area contributed by atoms with E-state index in [-0.39, 0.29) is 23.8 Å². The first-order valence-corrected chi connectivity index (χ1v) is 9.90. The maximum atomic E-state index is 12.7. The molecule has 2 amide bonds. The highest BCUT2D eigenvalue weighted by molar-refractivity contribution is 5.96. The molecule has 6 nitrogen and oxygen atoms in total. The van der Waals surface area contributed by atoms with Gasteiger partial charge in [-0.3, -0.25) is 9.59 Å². The molecule has 1 saturated heterocycles. The standard InChI is InChI=1S/C23H28N2O4/c1-16(18-6-10-21(28-3)11-7-18)14-22(26)24-20-8-4-19(5-9-20)23(27)25-12-13-29-15-17(25)2/h4-11,16-17H,12-15H2,1-3H3,(H,24,26). The second-order valence-corrected chi connectivity index (χ2v) is 7.43. The molecule has 0 spiro atoms. The van der Waals surface area contributed by atoms with E-state index in [2.05, 4.69) is 5.32 Å². The van der Waals surface area contributed by atoms with Crippen LogP contribution >= 0.6 is 0 Å². The fourth-order valence-electron chi connectivity index (χ4n) is 3.43. The number of morpholine rings is 1. The van der Waals surface area contributed by atoms with Gasteiger partial charge in [0.2, 0.25) is 5.91 Å². The second kappa shape index (κ2) is 9.56. The summed E-state index contributed by atoms with van der Waals surface area (Å²) in [6.45, 7) is 5.73. The molecule has 3 rings (SSSR count). The Morgan fingerprint density at radius 2 is 1.86 bits per heavy atom. The van der Waals surface area contributed by atoms with Crippen molar-refractivity contribution in [2.75, 3.05) is 32.2 Å². The molecule has 1 aliphatic heterocycles. The van der Waals surface area contributed by atoms with Crippen LogP contribution in [0.2, 0.25) is 0 Å². The minimum Gasteiger partial charge on any atom is -0.497 e. The molecule has 1 N–H and O–H groups in total. The number of hydrogen-bond acceptors (Lipinski definition) is 4. The van der Waals surface area contributed by atoms with Crippen LogP contribution < -0.4 is 10.1 Å². The van der Waals surface area contributed by atoms with E-state index in [1.165, 1.54) is 0 Å². The van der Waals surface area contributed by atoms with Crippen molar-refractivity contribution in [3.05, 3.63) is 59.7 Å². The third kappa shape index (κ3) is 5.35. The Morgan fingerprint density at radius 1 is 1.17 bits per heavy atom. The largest absolute Gasteiger partial charge is 0.497 e. The summed E-state index contributed by atoms with van der Waals surface area (Å²) in [6.07, 6.45) is 0.373. The molecule has 6 heteroatoms. The van der Waals surface area contributed by atoms with E-state index in [1.807, 2.05) is 43.0 Å². The first kappa shape index (κ1) is 20.9. The van der Waals surface area contributed by atoms with Gasteiger partial charge in [0.15, 0.2) is 0 Å². The van der Waals surface area contributed by atoms with Gasteiger partial charge in [0.25, 0.3) is 5.91 Å². The van der Waals surface area contributed by atoms with Crippen LogP contribution in [-0.4, -0.2) is 49.6 Å². The van der Waals surface area contributed by atoms with Crippen molar-refractivity contribution in [2.24, 2.45) is 0 Å². The highest BCUT2D eigenvalue weighted by Gasteiger charge is 2.24. The first-order valence-electron chi connectivity index (χ1n) is 9.90. The molecule has 0 bridgehead atoms. The first-order chi connectivity index (χ1) is 14.0. The normalized spacial score (nSPS) is 17.5. The molecule has 154 valence electrons. The monoisotopic (exact) mass is 396 g/mol. The summed E-state index contributed by atoms with van der Waals surface area (Å²) in [5.74, 6) is 0.817. The van der Waals surface area contributed by atoms with E-state index in [0.29, 0.717) is 37.4 Å². The van der Waals surface area contributed by atoms with Crippen molar-refractivity contribution in [3.63, 3.8) is 0 Å². The molecule has 1 fully saturated rings. The number of anilines is 1. The molecular weight excluding hydrogens is 368 g/mol. The molecule has 1 aliphatic rings. The van der Waals surface area contributed by atoms with Crippen LogP contribution in [0.15, 0.2) is 48.5 Å². The Bertz CT molecular complexity index is 833. The number of rotatable bonds is 6. The van der Waals surface area contributed by atoms with Crippen LogP contribution in [0, 0.1) is 0 Å². The van der Waals surface area contributed by atoms with E-state index < -0.39 is 0 Å². The van der Waals surface area contributed by atoms with Crippen LogP contribution in [0.5, 0.6) is 5.75 Å². The number of benzene rings is 2. The highest BCUT2D eigenvalue weighted by Crippen LogP contribution is 2.23. The molecule has 0 aromatic heterocycles. The lowest BCUT2D eigenvalue weighted by Gasteiger charge is -2.33. The third-order valence-electron chi connectivity index (χ3n) is 5.22. The molecule has 0 saturated carbocycles.